The molecule has 5 rings (SSSR count). The van der Waals surface area contributed by atoms with E-state index >= 15 is 0 Å². The number of carbonyl (C=O) groups is 3. The van der Waals surface area contributed by atoms with Gasteiger partial charge in [0, 0.05) is 48.4 Å². The first kappa shape index (κ1) is 40.0. The molecule has 280 valence electrons. The van der Waals surface area contributed by atoms with Crippen molar-refractivity contribution in [3.63, 3.8) is 0 Å². The maximum absolute atomic E-state index is 13.1. The van der Waals surface area contributed by atoms with Crippen LogP contribution in [0, 0.1) is 11.8 Å². The molecule has 1 heterocycles. The van der Waals surface area contributed by atoms with Crippen LogP contribution in [0.5, 0.6) is 0 Å². The van der Waals surface area contributed by atoms with E-state index in [1.54, 1.807) is 24.3 Å². The third-order valence-corrected chi connectivity index (χ3v) is 10.2. The molecule has 0 radical (unpaired) electrons. The molecule has 12 heteroatoms. The Hall–Kier alpha value is -4.78. The van der Waals surface area contributed by atoms with Crippen molar-refractivity contribution in [3.05, 3.63) is 89.5 Å². The van der Waals surface area contributed by atoms with Crippen molar-refractivity contribution in [2.24, 2.45) is 34.4 Å². The molecule has 1 aliphatic carbocycles. The van der Waals surface area contributed by atoms with Crippen LogP contribution < -0.4 is 38.8 Å². The zero-order valence-corrected chi connectivity index (χ0v) is 30.8. The molecule has 0 bridgehead atoms. The molecule has 1 saturated heterocycles. The molecule has 3 aromatic rings. The molecule has 2 fully saturated rings. The first-order valence-electron chi connectivity index (χ1n) is 18.4. The van der Waals surface area contributed by atoms with Gasteiger partial charge in [-0.25, -0.2) is 5.84 Å². The van der Waals surface area contributed by atoms with Gasteiger partial charge < -0.3 is 37.9 Å². The summed E-state index contributed by atoms with van der Waals surface area (Å²) in [5.74, 6) is 12.4. The van der Waals surface area contributed by atoms with Crippen LogP contribution in [0.3, 0.4) is 0 Å². The first-order valence-corrected chi connectivity index (χ1v) is 18.4. The summed E-state index contributed by atoms with van der Waals surface area (Å²) in [5, 5.41) is 12.2. The van der Waals surface area contributed by atoms with Crippen LogP contribution in [0.4, 0.5) is 5.69 Å². The fourth-order valence-corrected chi connectivity index (χ4v) is 6.79. The zero-order chi connectivity index (χ0) is 37.5. The molecule has 52 heavy (non-hydrogen) atoms. The second-order valence-corrected chi connectivity index (χ2v) is 14.3. The molecule has 0 unspecified atom stereocenters. The van der Waals surface area contributed by atoms with E-state index in [0.717, 1.165) is 61.0 Å². The molecule has 3 aromatic carbocycles. The van der Waals surface area contributed by atoms with Crippen molar-refractivity contribution in [1.29, 1.82) is 0 Å². The summed E-state index contributed by atoms with van der Waals surface area (Å²) in [4.78, 5) is 39.9. The number of piperidine rings is 1. The van der Waals surface area contributed by atoms with E-state index in [2.05, 4.69) is 52.1 Å². The highest BCUT2D eigenvalue weighted by molar-refractivity contribution is 6.00. The van der Waals surface area contributed by atoms with Gasteiger partial charge in [-0.15, -0.1) is 0 Å². The van der Waals surface area contributed by atoms with Crippen LogP contribution in [0.1, 0.15) is 80.8 Å². The van der Waals surface area contributed by atoms with Crippen molar-refractivity contribution >= 4 is 29.7 Å². The Bertz CT molecular complexity index is 1610. The highest BCUT2D eigenvalue weighted by Gasteiger charge is 2.23. The molecule has 3 amide bonds. The van der Waals surface area contributed by atoms with Crippen LogP contribution in [0.2, 0.25) is 0 Å². The Labute approximate surface area is 308 Å². The lowest BCUT2D eigenvalue weighted by Crippen LogP contribution is -2.46. The summed E-state index contributed by atoms with van der Waals surface area (Å²) in [7, 11) is 0. The molecule has 1 saturated carbocycles. The van der Waals surface area contributed by atoms with Crippen molar-refractivity contribution in [2.45, 2.75) is 83.8 Å². The van der Waals surface area contributed by atoms with Gasteiger partial charge in [0.15, 0.2) is 5.84 Å². The zero-order valence-electron chi connectivity index (χ0n) is 30.8. The highest BCUT2D eigenvalue weighted by Crippen LogP contribution is 2.27. The van der Waals surface area contributed by atoms with Crippen molar-refractivity contribution in [2.75, 3.05) is 25.0 Å². The Morgan fingerprint density at radius 2 is 1.56 bits per heavy atom. The standard InChI is InChI=1S/C32H40N8O3.C8H17N/c1-21(2)40-15-13-28(14-16-40)36-31(42)26-8-4-7-25(19-26)24-6-3-5-22(17-24)18-29(35-20-41)32(43)37-27-11-9-23(10-12-27)30(38-33)39-34;1-7-2-4-8(6-9)5-3-7/h3-12,17,19-21,28-29H,13-16,18,33-34H2,1-2H3,(H,35,41)(H,36,42)(H,37,43)(H,38,39);7-8H,2-6,9H2,1H3/t29-;/m0./s1. The summed E-state index contributed by atoms with van der Waals surface area (Å²) >= 11 is 0. The number of hydrazine groups is 1. The average molecular weight is 712 g/mol. The number of benzene rings is 3. The second kappa shape index (κ2) is 20.3. The summed E-state index contributed by atoms with van der Waals surface area (Å²) < 4.78 is 0. The van der Waals surface area contributed by atoms with E-state index in [1.807, 2.05) is 48.5 Å². The van der Waals surface area contributed by atoms with Crippen molar-refractivity contribution in [3.8, 4) is 11.1 Å². The molecule has 10 N–H and O–H groups in total. The minimum Gasteiger partial charge on any atom is -0.349 e. The summed E-state index contributed by atoms with van der Waals surface area (Å²) in [6.45, 7) is 9.61. The Morgan fingerprint density at radius 1 is 0.904 bits per heavy atom. The quantitative estimate of drug-likeness (QED) is 0.0480. The maximum Gasteiger partial charge on any atom is 0.251 e. The monoisotopic (exact) mass is 711 g/mol. The third-order valence-electron chi connectivity index (χ3n) is 10.2. The number of anilines is 1. The largest absolute Gasteiger partial charge is 0.349 e. The molecule has 12 nitrogen and oxygen atoms in total. The number of hydrazone groups is 1. The number of hydrogen-bond donors (Lipinski definition) is 7. The van der Waals surface area contributed by atoms with Gasteiger partial charge >= 0.3 is 0 Å². The van der Waals surface area contributed by atoms with Crippen molar-refractivity contribution in [1.82, 2.24) is 21.0 Å². The van der Waals surface area contributed by atoms with Gasteiger partial charge in [-0.2, -0.15) is 5.10 Å². The molecule has 0 spiro atoms. The average Bonchev–Trinajstić information content (AvgIpc) is 3.17. The number of amidine groups is 1. The summed E-state index contributed by atoms with van der Waals surface area (Å²) in [5.41, 5.74) is 12.4. The van der Waals surface area contributed by atoms with Gasteiger partial charge in [0.1, 0.15) is 6.04 Å². The number of nitrogens with one attached hydrogen (secondary N) is 4. The summed E-state index contributed by atoms with van der Waals surface area (Å²) in [6, 6.07) is 21.9. The predicted molar refractivity (Wildman–Crippen MR) is 209 cm³/mol. The van der Waals surface area contributed by atoms with E-state index in [4.69, 9.17) is 17.4 Å². The van der Waals surface area contributed by atoms with Gasteiger partial charge in [0.25, 0.3) is 5.91 Å². The number of likely N-dealkylation sites (tertiary alicyclic amines) is 1. The smallest absolute Gasteiger partial charge is 0.251 e. The van der Waals surface area contributed by atoms with Crippen LogP contribution in [-0.2, 0) is 16.0 Å². The number of carbonyl (C=O) groups excluding carboxylic acids is 3. The fraction of sp³-hybridized carbons (Fsp3) is 0.450. The van der Waals surface area contributed by atoms with Gasteiger partial charge in [-0.05, 0) is 111 Å². The molecule has 1 aliphatic heterocycles. The third kappa shape index (κ3) is 11.9. The minimum atomic E-state index is -0.807. The van der Waals surface area contributed by atoms with E-state index in [-0.39, 0.29) is 24.3 Å². The van der Waals surface area contributed by atoms with Gasteiger partial charge in [-0.3, -0.25) is 14.4 Å². The number of nitrogens with zero attached hydrogens (tertiary/aromatic N) is 2. The Balaban J connectivity index is 0.000000585. The fourth-order valence-electron chi connectivity index (χ4n) is 6.79. The van der Waals surface area contributed by atoms with Crippen LogP contribution in [0.15, 0.2) is 77.9 Å². The van der Waals surface area contributed by atoms with E-state index in [9.17, 15) is 14.4 Å². The first-order chi connectivity index (χ1) is 25.1. The molecule has 2 aliphatic rings. The van der Waals surface area contributed by atoms with E-state index in [1.165, 1.54) is 25.7 Å². The summed E-state index contributed by atoms with van der Waals surface area (Å²) in [6.07, 6.45) is 8.22. The normalized spacial score (nSPS) is 18.8. The van der Waals surface area contributed by atoms with Crippen LogP contribution in [0.25, 0.3) is 11.1 Å². The molecule has 1 atom stereocenters. The lowest BCUT2D eigenvalue weighted by atomic mass is 9.83. The highest BCUT2D eigenvalue weighted by atomic mass is 16.2. The molecular formula is C40H57N9O3. The number of amides is 3. The topological polar surface area (TPSA) is 193 Å². The SMILES string of the molecule is CC(C)N1CCC(NC(=O)c2cccc(-c3cccc(C[C@H](NC=O)C(=O)Nc4ccc(/C(=N/N)NN)cc4)c3)c2)CC1.CC1CCC(CN)CC1. The van der Waals surface area contributed by atoms with Gasteiger partial charge in [0.05, 0.1) is 0 Å². The van der Waals surface area contributed by atoms with Crippen LogP contribution >= 0.6 is 0 Å². The predicted octanol–water partition coefficient (Wildman–Crippen LogP) is 4.11. The second-order valence-electron chi connectivity index (χ2n) is 14.3. The van der Waals surface area contributed by atoms with Crippen LogP contribution in [-0.4, -0.2) is 66.7 Å². The number of rotatable bonds is 12. The maximum atomic E-state index is 13.1. The van der Waals surface area contributed by atoms with E-state index < -0.39 is 6.04 Å². The van der Waals surface area contributed by atoms with E-state index in [0.29, 0.717) is 35.1 Å². The minimum absolute atomic E-state index is 0.0771. The lowest BCUT2D eigenvalue weighted by Gasteiger charge is -2.34. The number of hydrogen-bond acceptors (Lipinski definition) is 8. The van der Waals surface area contributed by atoms with Gasteiger partial charge in [0.2, 0.25) is 12.3 Å². The van der Waals surface area contributed by atoms with Crippen molar-refractivity contribution < 1.29 is 14.4 Å². The van der Waals surface area contributed by atoms with Gasteiger partial charge in [-0.1, -0.05) is 56.2 Å². The molecule has 0 aromatic heterocycles. The Kier molecular flexibility index (Phi) is 15.6. The molecular weight excluding hydrogens is 654 g/mol. The number of nitrogens with two attached hydrogens (primary N) is 3. The Morgan fingerprint density at radius 3 is 2.15 bits per heavy atom. The lowest BCUT2D eigenvalue weighted by molar-refractivity contribution is -0.121.